The largest absolute Gasteiger partial charge is 0.497 e. The standard InChI is InChI=1S/C24H18O6/c1-27-18-11-16(12-19(13-18)28-2)24(26)29-17-8-9-20-21(14-17)30-22(23(20)25)10-15-6-4-3-5-7-15/h3-14H,1-2H3/b22-10-. The third-order valence-electron chi connectivity index (χ3n) is 4.54. The van der Waals surface area contributed by atoms with Crippen molar-refractivity contribution in [2.45, 2.75) is 0 Å². The van der Waals surface area contributed by atoms with Crippen LogP contribution in [0.4, 0.5) is 0 Å². The molecule has 0 amide bonds. The molecule has 0 radical (unpaired) electrons. The molecule has 0 aromatic heterocycles. The number of rotatable bonds is 5. The average molecular weight is 402 g/mol. The Morgan fingerprint density at radius 2 is 1.57 bits per heavy atom. The predicted molar refractivity (Wildman–Crippen MR) is 110 cm³/mol. The molecule has 0 N–H and O–H groups in total. The Morgan fingerprint density at radius 1 is 0.867 bits per heavy atom. The summed E-state index contributed by atoms with van der Waals surface area (Å²) in [7, 11) is 3.00. The summed E-state index contributed by atoms with van der Waals surface area (Å²) in [5.74, 6) is 0.961. The van der Waals surface area contributed by atoms with Gasteiger partial charge in [0, 0.05) is 12.1 Å². The highest BCUT2D eigenvalue weighted by Gasteiger charge is 2.28. The van der Waals surface area contributed by atoms with Crippen molar-refractivity contribution >= 4 is 17.8 Å². The van der Waals surface area contributed by atoms with Crippen molar-refractivity contribution < 1.29 is 28.5 Å². The van der Waals surface area contributed by atoms with Crippen molar-refractivity contribution in [3.05, 3.63) is 89.2 Å². The molecule has 1 aliphatic heterocycles. The van der Waals surface area contributed by atoms with Crippen LogP contribution in [-0.4, -0.2) is 26.0 Å². The minimum Gasteiger partial charge on any atom is -0.497 e. The lowest BCUT2D eigenvalue weighted by Gasteiger charge is -2.09. The highest BCUT2D eigenvalue weighted by atomic mass is 16.5. The Labute approximate surface area is 173 Å². The molecule has 6 nitrogen and oxygen atoms in total. The Bertz CT molecular complexity index is 1130. The van der Waals surface area contributed by atoms with Crippen molar-refractivity contribution in [3.63, 3.8) is 0 Å². The zero-order valence-corrected chi connectivity index (χ0v) is 16.4. The summed E-state index contributed by atoms with van der Waals surface area (Å²) in [6, 6.07) is 18.8. The molecule has 150 valence electrons. The minimum atomic E-state index is -0.587. The van der Waals surface area contributed by atoms with Gasteiger partial charge in [0.25, 0.3) is 0 Å². The van der Waals surface area contributed by atoms with Gasteiger partial charge in [-0.25, -0.2) is 4.79 Å². The monoisotopic (exact) mass is 402 g/mol. The molecule has 0 atom stereocenters. The number of hydrogen-bond donors (Lipinski definition) is 0. The van der Waals surface area contributed by atoms with Gasteiger partial charge in [0.1, 0.15) is 23.0 Å². The van der Waals surface area contributed by atoms with Gasteiger partial charge in [-0.2, -0.15) is 0 Å². The van der Waals surface area contributed by atoms with Gasteiger partial charge >= 0.3 is 5.97 Å². The molecule has 30 heavy (non-hydrogen) atoms. The van der Waals surface area contributed by atoms with Crippen molar-refractivity contribution in [2.24, 2.45) is 0 Å². The summed E-state index contributed by atoms with van der Waals surface area (Å²) in [6.45, 7) is 0. The van der Waals surface area contributed by atoms with E-state index in [9.17, 15) is 9.59 Å². The van der Waals surface area contributed by atoms with E-state index in [1.165, 1.54) is 20.3 Å². The normalized spacial score (nSPS) is 13.5. The van der Waals surface area contributed by atoms with Crippen molar-refractivity contribution in [1.82, 2.24) is 0 Å². The molecule has 0 bridgehead atoms. The number of Topliss-reactive ketones (excluding diaryl/α,β-unsaturated/α-hetero) is 1. The maximum absolute atomic E-state index is 12.6. The molecule has 3 aromatic rings. The fourth-order valence-electron chi connectivity index (χ4n) is 3.02. The van der Waals surface area contributed by atoms with Crippen LogP contribution in [0.25, 0.3) is 6.08 Å². The minimum absolute atomic E-state index is 0.218. The highest BCUT2D eigenvalue weighted by molar-refractivity contribution is 6.14. The number of hydrogen-bond acceptors (Lipinski definition) is 6. The first-order valence-electron chi connectivity index (χ1n) is 9.16. The van der Waals surface area contributed by atoms with E-state index in [0.29, 0.717) is 22.8 Å². The fourth-order valence-corrected chi connectivity index (χ4v) is 3.02. The second-order valence-corrected chi connectivity index (χ2v) is 6.50. The molecule has 0 unspecified atom stereocenters. The topological polar surface area (TPSA) is 71.1 Å². The summed E-state index contributed by atoms with van der Waals surface area (Å²) >= 11 is 0. The number of benzene rings is 3. The molecule has 0 saturated heterocycles. The molecule has 0 aliphatic carbocycles. The van der Waals surface area contributed by atoms with Gasteiger partial charge in [-0.1, -0.05) is 30.3 Å². The molecule has 3 aromatic carbocycles. The van der Waals surface area contributed by atoms with E-state index >= 15 is 0 Å². The molecular weight excluding hydrogens is 384 g/mol. The number of carbonyl (C=O) groups excluding carboxylic acids is 2. The summed E-state index contributed by atoms with van der Waals surface area (Å²) in [4.78, 5) is 25.1. The molecule has 6 heteroatoms. The maximum Gasteiger partial charge on any atom is 0.343 e. The summed E-state index contributed by atoms with van der Waals surface area (Å²) in [5.41, 5.74) is 1.54. The number of allylic oxidation sites excluding steroid dienone is 1. The predicted octanol–water partition coefficient (Wildman–Crippen LogP) is 4.54. The van der Waals surface area contributed by atoms with Gasteiger partial charge in [0.2, 0.25) is 5.78 Å². The van der Waals surface area contributed by atoms with Gasteiger partial charge in [0.05, 0.1) is 25.3 Å². The number of ether oxygens (including phenoxy) is 4. The van der Waals surface area contributed by atoms with Crippen molar-refractivity contribution in [1.29, 1.82) is 0 Å². The molecule has 0 fully saturated rings. The van der Waals surface area contributed by atoms with Crippen molar-refractivity contribution in [3.8, 4) is 23.0 Å². The van der Waals surface area contributed by atoms with Crippen LogP contribution in [-0.2, 0) is 0 Å². The van der Waals surface area contributed by atoms with E-state index in [1.807, 2.05) is 30.3 Å². The fraction of sp³-hybridized carbons (Fsp3) is 0.0833. The van der Waals surface area contributed by atoms with Gasteiger partial charge < -0.3 is 18.9 Å². The van der Waals surface area contributed by atoms with Crippen LogP contribution in [0.1, 0.15) is 26.3 Å². The Balaban J connectivity index is 1.55. The zero-order chi connectivity index (χ0) is 21.1. The van der Waals surface area contributed by atoms with Crippen molar-refractivity contribution in [2.75, 3.05) is 14.2 Å². The molecule has 1 aliphatic rings. The zero-order valence-electron chi connectivity index (χ0n) is 16.4. The third kappa shape index (κ3) is 3.89. The lowest BCUT2D eigenvalue weighted by atomic mass is 10.1. The highest BCUT2D eigenvalue weighted by Crippen LogP contribution is 2.35. The molecule has 0 saturated carbocycles. The molecular formula is C24H18O6. The second kappa shape index (κ2) is 8.13. The Kier molecular flexibility index (Phi) is 5.22. The van der Waals surface area contributed by atoms with Crippen LogP contribution < -0.4 is 18.9 Å². The van der Waals surface area contributed by atoms with E-state index in [-0.39, 0.29) is 22.9 Å². The smallest absolute Gasteiger partial charge is 0.343 e. The number of carbonyl (C=O) groups is 2. The van der Waals surface area contributed by atoms with Crippen LogP contribution in [0.3, 0.4) is 0 Å². The number of fused-ring (bicyclic) bond motifs is 1. The SMILES string of the molecule is COc1cc(OC)cc(C(=O)Oc2ccc3c(c2)O/C(=C\c2ccccc2)C3=O)c1. The van der Waals surface area contributed by atoms with Gasteiger partial charge in [-0.05, 0) is 35.9 Å². The average Bonchev–Trinajstić information content (AvgIpc) is 3.08. The van der Waals surface area contributed by atoms with Crippen LogP contribution in [0.15, 0.2) is 72.5 Å². The number of methoxy groups -OCH3 is 2. The second-order valence-electron chi connectivity index (χ2n) is 6.50. The van der Waals surface area contributed by atoms with Gasteiger partial charge in [-0.15, -0.1) is 0 Å². The van der Waals surface area contributed by atoms with Crippen LogP contribution in [0.5, 0.6) is 23.0 Å². The van der Waals surface area contributed by atoms with E-state index < -0.39 is 5.97 Å². The lowest BCUT2D eigenvalue weighted by molar-refractivity contribution is 0.0733. The van der Waals surface area contributed by atoms with Crippen LogP contribution in [0, 0.1) is 0 Å². The van der Waals surface area contributed by atoms with Gasteiger partial charge in [-0.3, -0.25) is 4.79 Å². The number of esters is 1. The number of ketones is 1. The quantitative estimate of drug-likeness (QED) is 0.355. The van der Waals surface area contributed by atoms with Crippen LogP contribution >= 0.6 is 0 Å². The Morgan fingerprint density at radius 3 is 2.23 bits per heavy atom. The summed E-state index contributed by atoms with van der Waals surface area (Å²) in [6.07, 6.45) is 1.68. The first-order chi connectivity index (χ1) is 14.6. The summed E-state index contributed by atoms with van der Waals surface area (Å²) < 4.78 is 21.5. The van der Waals surface area contributed by atoms with E-state index in [2.05, 4.69) is 0 Å². The van der Waals surface area contributed by atoms with E-state index in [4.69, 9.17) is 18.9 Å². The molecule has 0 spiro atoms. The maximum atomic E-state index is 12.6. The van der Waals surface area contributed by atoms with E-state index in [0.717, 1.165) is 5.56 Å². The van der Waals surface area contributed by atoms with Gasteiger partial charge in [0.15, 0.2) is 5.76 Å². The molecule has 1 heterocycles. The lowest BCUT2D eigenvalue weighted by Crippen LogP contribution is -2.09. The first-order valence-corrected chi connectivity index (χ1v) is 9.16. The Hall–Kier alpha value is -4.06. The summed E-state index contributed by atoms with van der Waals surface area (Å²) in [5, 5.41) is 0. The first kappa shape index (κ1) is 19.3. The third-order valence-corrected chi connectivity index (χ3v) is 4.54. The molecule has 4 rings (SSSR count). The van der Waals surface area contributed by atoms with Crippen LogP contribution in [0.2, 0.25) is 0 Å². The van der Waals surface area contributed by atoms with E-state index in [1.54, 1.807) is 36.4 Å².